The molecule has 1 unspecified atom stereocenters. The molecule has 1 rings (SSSR count). The first-order chi connectivity index (χ1) is 6.49. The van der Waals surface area contributed by atoms with Crippen molar-refractivity contribution in [2.45, 2.75) is 40.0 Å². The fourth-order valence-electron chi connectivity index (χ4n) is 1.70. The average molecular weight is 191 g/mol. The molecule has 14 heavy (non-hydrogen) atoms. The monoisotopic (exact) mass is 191 g/mol. The maximum absolute atomic E-state index is 11.0. The molecule has 1 aromatic rings. The minimum atomic E-state index is 0.240. The maximum Gasteiger partial charge on any atom is 0.130 e. The number of aromatic nitrogens is 1. The molecular formula is C12H17NO. The van der Waals surface area contributed by atoms with E-state index in [0.717, 1.165) is 11.4 Å². The Bertz CT molecular complexity index is 324. The molecule has 0 aliphatic rings. The van der Waals surface area contributed by atoms with Gasteiger partial charge in [-0.25, -0.2) is 0 Å². The molecule has 0 saturated heterocycles. The molecule has 1 atom stereocenters. The number of hydrogen-bond acceptors (Lipinski definition) is 2. The summed E-state index contributed by atoms with van der Waals surface area (Å²) in [6.07, 6.45) is 0.614. The molecule has 1 heterocycles. The molecule has 2 nitrogen and oxygen atoms in total. The third-order valence-corrected chi connectivity index (χ3v) is 2.27. The van der Waals surface area contributed by atoms with Crippen LogP contribution < -0.4 is 0 Å². The first-order valence-corrected chi connectivity index (χ1v) is 4.93. The summed E-state index contributed by atoms with van der Waals surface area (Å²) in [5.74, 6) is 0.539. The normalized spacial score (nSPS) is 12.6. The zero-order chi connectivity index (χ0) is 10.7. The smallest absolute Gasteiger partial charge is 0.130 e. The van der Waals surface area contributed by atoms with Crippen LogP contribution in [0.4, 0.5) is 0 Å². The third kappa shape index (κ3) is 2.95. The van der Waals surface area contributed by atoms with Gasteiger partial charge in [0.15, 0.2) is 0 Å². The van der Waals surface area contributed by atoms with E-state index in [1.807, 2.05) is 13.8 Å². The van der Waals surface area contributed by atoms with Gasteiger partial charge in [0.1, 0.15) is 5.78 Å². The van der Waals surface area contributed by atoms with Gasteiger partial charge in [0, 0.05) is 17.8 Å². The first kappa shape index (κ1) is 10.9. The van der Waals surface area contributed by atoms with Gasteiger partial charge in [-0.05, 0) is 44.4 Å². The molecule has 0 spiro atoms. The molecule has 0 aliphatic heterocycles. The van der Waals surface area contributed by atoms with E-state index in [0.29, 0.717) is 12.3 Å². The van der Waals surface area contributed by atoms with E-state index >= 15 is 0 Å². The minimum Gasteiger partial charge on any atom is -0.300 e. The largest absolute Gasteiger partial charge is 0.300 e. The summed E-state index contributed by atoms with van der Waals surface area (Å²) in [6, 6.07) is 4.11. The van der Waals surface area contributed by atoms with Crippen LogP contribution in [0.3, 0.4) is 0 Å². The van der Waals surface area contributed by atoms with E-state index in [-0.39, 0.29) is 5.78 Å². The summed E-state index contributed by atoms with van der Waals surface area (Å²) < 4.78 is 0. The number of rotatable bonds is 3. The lowest BCUT2D eigenvalue weighted by Crippen LogP contribution is -2.02. The van der Waals surface area contributed by atoms with E-state index < -0.39 is 0 Å². The Balaban J connectivity index is 2.89. The molecule has 0 aliphatic carbocycles. The Kier molecular flexibility index (Phi) is 3.39. The Morgan fingerprint density at radius 3 is 2.29 bits per heavy atom. The van der Waals surface area contributed by atoms with Crippen LogP contribution in [0.15, 0.2) is 12.1 Å². The van der Waals surface area contributed by atoms with E-state index in [1.54, 1.807) is 6.92 Å². The van der Waals surface area contributed by atoms with Gasteiger partial charge in [0.2, 0.25) is 0 Å². The Hall–Kier alpha value is -1.18. The fourth-order valence-corrected chi connectivity index (χ4v) is 1.70. The summed E-state index contributed by atoms with van der Waals surface area (Å²) in [5.41, 5.74) is 3.26. The van der Waals surface area contributed by atoms with E-state index in [4.69, 9.17) is 0 Å². The lowest BCUT2D eigenvalue weighted by Gasteiger charge is -2.11. The van der Waals surface area contributed by atoms with Gasteiger partial charge in [-0.1, -0.05) is 6.92 Å². The van der Waals surface area contributed by atoms with E-state index in [2.05, 4.69) is 24.0 Å². The summed E-state index contributed by atoms with van der Waals surface area (Å²) in [6.45, 7) is 7.68. The topological polar surface area (TPSA) is 30.0 Å². The Morgan fingerprint density at radius 2 is 1.86 bits per heavy atom. The van der Waals surface area contributed by atoms with Gasteiger partial charge in [0.05, 0.1) is 0 Å². The van der Waals surface area contributed by atoms with Gasteiger partial charge < -0.3 is 4.79 Å². The summed E-state index contributed by atoms with van der Waals surface area (Å²) in [5, 5.41) is 0. The van der Waals surface area contributed by atoms with Crippen LogP contribution in [0.1, 0.15) is 43.1 Å². The fraction of sp³-hybridized carbons (Fsp3) is 0.500. The molecule has 0 radical (unpaired) electrons. The van der Waals surface area contributed by atoms with Gasteiger partial charge in [-0.2, -0.15) is 0 Å². The van der Waals surface area contributed by atoms with Crippen LogP contribution >= 0.6 is 0 Å². The highest BCUT2D eigenvalue weighted by molar-refractivity contribution is 5.76. The molecule has 2 heteroatoms. The zero-order valence-corrected chi connectivity index (χ0v) is 9.29. The van der Waals surface area contributed by atoms with E-state index in [9.17, 15) is 4.79 Å². The standard InChI is InChI=1S/C12H17NO/c1-8(5-11(4)14)12-6-9(2)13-10(3)7-12/h6-8H,5H2,1-4H3. The third-order valence-electron chi connectivity index (χ3n) is 2.27. The van der Waals surface area contributed by atoms with Gasteiger partial charge >= 0.3 is 0 Å². The van der Waals surface area contributed by atoms with Crippen LogP contribution in [-0.2, 0) is 4.79 Å². The predicted octanol–water partition coefficient (Wildman–Crippen LogP) is 2.78. The van der Waals surface area contributed by atoms with Gasteiger partial charge in [-0.3, -0.25) is 4.98 Å². The second-order valence-corrected chi connectivity index (χ2v) is 3.99. The van der Waals surface area contributed by atoms with Crippen molar-refractivity contribution in [1.29, 1.82) is 0 Å². The molecule has 1 aromatic heterocycles. The Morgan fingerprint density at radius 1 is 1.36 bits per heavy atom. The van der Waals surface area contributed by atoms with Crippen molar-refractivity contribution >= 4 is 5.78 Å². The van der Waals surface area contributed by atoms with Crippen molar-refractivity contribution in [3.8, 4) is 0 Å². The van der Waals surface area contributed by atoms with E-state index in [1.165, 1.54) is 5.56 Å². The van der Waals surface area contributed by atoms with Crippen LogP contribution in [0, 0.1) is 13.8 Å². The summed E-state index contributed by atoms with van der Waals surface area (Å²) >= 11 is 0. The molecular weight excluding hydrogens is 174 g/mol. The number of carbonyl (C=O) groups excluding carboxylic acids is 1. The van der Waals surface area contributed by atoms with Crippen molar-refractivity contribution in [2.75, 3.05) is 0 Å². The maximum atomic E-state index is 11.0. The molecule has 0 amide bonds. The minimum absolute atomic E-state index is 0.240. The number of nitrogens with zero attached hydrogens (tertiary/aromatic N) is 1. The van der Waals surface area contributed by atoms with Crippen molar-refractivity contribution in [3.63, 3.8) is 0 Å². The van der Waals surface area contributed by atoms with Crippen molar-refractivity contribution in [1.82, 2.24) is 4.98 Å². The zero-order valence-electron chi connectivity index (χ0n) is 9.29. The van der Waals surface area contributed by atoms with Crippen LogP contribution in [0.5, 0.6) is 0 Å². The van der Waals surface area contributed by atoms with Gasteiger partial charge in [0.25, 0.3) is 0 Å². The number of pyridine rings is 1. The molecule has 76 valence electrons. The van der Waals surface area contributed by atoms with Crippen LogP contribution in [-0.4, -0.2) is 10.8 Å². The number of ketones is 1. The lowest BCUT2D eigenvalue weighted by atomic mass is 9.96. The second-order valence-electron chi connectivity index (χ2n) is 3.99. The van der Waals surface area contributed by atoms with Crippen molar-refractivity contribution < 1.29 is 4.79 Å². The number of carbonyl (C=O) groups is 1. The molecule has 0 bridgehead atoms. The quantitative estimate of drug-likeness (QED) is 0.735. The predicted molar refractivity (Wildman–Crippen MR) is 57.4 cm³/mol. The van der Waals surface area contributed by atoms with Crippen molar-refractivity contribution in [3.05, 3.63) is 29.1 Å². The number of hydrogen-bond donors (Lipinski definition) is 0. The summed E-state index contributed by atoms with van der Waals surface area (Å²) in [7, 11) is 0. The number of Topliss-reactive ketones (excluding diaryl/α,β-unsaturated/α-hetero) is 1. The molecule has 0 aromatic carbocycles. The highest BCUT2D eigenvalue weighted by Gasteiger charge is 2.09. The number of aryl methyl sites for hydroxylation is 2. The molecule has 0 saturated carbocycles. The van der Waals surface area contributed by atoms with Crippen LogP contribution in [0.25, 0.3) is 0 Å². The second kappa shape index (κ2) is 4.36. The molecule has 0 N–H and O–H groups in total. The average Bonchev–Trinajstić information content (AvgIpc) is 2.00. The van der Waals surface area contributed by atoms with Gasteiger partial charge in [-0.15, -0.1) is 0 Å². The van der Waals surface area contributed by atoms with Crippen LogP contribution in [0.2, 0.25) is 0 Å². The SMILES string of the molecule is CC(=O)CC(C)c1cc(C)nc(C)c1. The Labute approximate surface area is 85.4 Å². The molecule has 0 fully saturated rings. The lowest BCUT2D eigenvalue weighted by molar-refractivity contribution is -0.117. The van der Waals surface area contributed by atoms with Crippen molar-refractivity contribution in [2.24, 2.45) is 0 Å². The first-order valence-electron chi connectivity index (χ1n) is 4.93. The highest BCUT2D eigenvalue weighted by Crippen LogP contribution is 2.20. The highest BCUT2D eigenvalue weighted by atomic mass is 16.1. The summed E-state index contributed by atoms with van der Waals surface area (Å²) in [4.78, 5) is 15.3.